The number of carbonyl (C=O) groups excluding carboxylic acids is 1. The average Bonchev–Trinajstić information content (AvgIpc) is 2.30. The van der Waals surface area contributed by atoms with Gasteiger partial charge < -0.3 is 10.0 Å². The van der Waals surface area contributed by atoms with Crippen molar-refractivity contribution in [1.29, 1.82) is 0 Å². The van der Waals surface area contributed by atoms with E-state index in [4.69, 9.17) is 28.3 Å². The molecule has 0 saturated carbocycles. The highest BCUT2D eigenvalue weighted by Gasteiger charge is 2.33. The Balaban J connectivity index is 2.84. The summed E-state index contributed by atoms with van der Waals surface area (Å²) in [4.78, 5) is 22.6. The Morgan fingerprint density at radius 3 is 2.29 bits per heavy atom. The molecule has 0 saturated heterocycles. The standard InChI is InChI=1S/C12H10Cl2F3NO3/c13-8-2-1-7(3-9(8)14)4-10(19)18(5-11(20)21)6-12(15,16)17/h1-3H,4-6H2,(H,20,21). The van der Waals surface area contributed by atoms with Gasteiger partial charge in [0.2, 0.25) is 5.91 Å². The number of carbonyl (C=O) groups is 2. The van der Waals surface area contributed by atoms with Crippen molar-refractivity contribution in [3.05, 3.63) is 33.8 Å². The third kappa shape index (κ3) is 6.22. The SMILES string of the molecule is O=C(O)CN(CC(F)(F)F)C(=O)Cc1ccc(Cl)c(Cl)c1. The first-order chi connectivity index (χ1) is 9.58. The van der Waals surface area contributed by atoms with Gasteiger partial charge in [-0.1, -0.05) is 29.3 Å². The maximum Gasteiger partial charge on any atom is 0.406 e. The zero-order valence-corrected chi connectivity index (χ0v) is 12.0. The molecule has 1 amide bonds. The molecule has 1 aromatic rings. The summed E-state index contributed by atoms with van der Waals surface area (Å²) in [5.41, 5.74) is 0.340. The Hall–Kier alpha value is -1.47. The zero-order chi connectivity index (χ0) is 16.2. The normalized spacial score (nSPS) is 11.3. The predicted molar refractivity (Wildman–Crippen MR) is 70.4 cm³/mol. The summed E-state index contributed by atoms with van der Waals surface area (Å²) in [6.07, 6.45) is -5.08. The van der Waals surface area contributed by atoms with Crippen molar-refractivity contribution in [1.82, 2.24) is 4.90 Å². The number of carboxylic acid groups (broad SMARTS) is 1. The smallest absolute Gasteiger partial charge is 0.406 e. The first-order valence-corrected chi connectivity index (χ1v) is 6.34. The number of aliphatic carboxylic acids is 1. The number of halogens is 5. The van der Waals surface area contributed by atoms with E-state index < -0.39 is 37.6 Å². The van der Waals surface area contributed by atoms with E-state index in [1.165, 1.54) is 18.2 Å². The molecule has 1 rings (SSSR count). The monoisotopic (exact) mass is 343 g/mol. The third-order valence-corrected chi connectivity index (χ3v) is 3.13. The van der Waals surface area contributed by atoms with Crippen LogP contribution in [-0.4, -0.2) is 41.1 Å². The lowest BCUT2D eigenvalue weighted by molar-refractivity contribution is -0.165. The molecular weight excluding hydrogens is 334 g/mol. The second-order valence-electron chi connectivity index (χ2n) is 4.18. The fourth-order valence-corrected chi connectivity index (χ4v) is 1.87. The van der Waals surface area contributed by atoms with E-state index in [-0.39, 0.29) is 14.9 Å². The van der Waals surface area contributed by atoms with Gasteiger partial charge in [0.1, 0.15) is 13.1 Å². The molecule has 0 aliphatic heterocycles. The number of rotatable bonds is 5. The molecule has 0 atom stereocenters. The number of hydrogen-bond donors (Lipinski definition) is 1. The molecule has 0 bridgehead atoms. The van der Waals surface area contributed by atoms with Gasteiger partial charge in [0.05, 0.1) is 16.5 Å². The van der Waals surface area contributed by atoms with Crippen molar-refractivity contribution >= 4 is 35.1 Å². The van der Waals surface area contributed by atoms with Crippen LogP contribution < -0.4 is 0 Å². The van der Waals surface area contributed by atoms with E-state index >= 15 is 0 Å². The van der Waals surface area contributed by atoms with Crippen LogP contribution in [0, 0.1) is 0 Å². The number of nitrogens with zero attached hydrogens (tertiary/aromatic N) is 1. The molecule has 0 spiro atoms. The molecule has 0 aliphatic rings. The first-order valence-electron chi connectivity index (χ1n) is 5.59. The van der Waals surface area contributed by atoms with Gasteiger partial charge in [-0.2, -0.15) is 13.2 Å². The van der Waals surface area contributed by atoms with E-state index in [1.54, 1.807) is 0 Å². The third-order valence-electron chi connectivity index (χ3n) is 2.39. The minimum Gasteiger partial charge on any atom is -0.480 e. The van der Waals surface area contributed by atoms with E-state index in [9.17, 15) is 22.8 Å². The van der Waals surface area contributed by atoms with Crippen LogP contribution in [0.25, 0.3) is 0 Å². The number of amides is 1. The molecule has 0 fully saturated rings. The maximum atomic E-state index is 12.3. The highest BCUT2D eigenvalue weighted by Crippen LogP contribution is 2.23. The molecule has 1 N–H and O–H groups in total. The number of benzene rings is 1. The van der Waals surface area contributed by atoms with Gasteiger partial charge in [0.25, 0.3) is 0 Å². The fraction of sp³-hybridized carbons (Fsp3) is 0.333. The summed E-state index contributed by atoms with van der Waals surface area (Å²) in [6.45, 7) is -2.65. The molecule has 0 aromatic heterocycles. The van der Waals surface area contributed by atoms with E-state index in [0.29, 0.717) is 5.56 Å². The fourth-order valence-electron chi connectivity index (χ4n) is 1.55. The first kappa shape index (κ1) is 17.6. The van der Waals surface area contributed by atoms with Crippen molar-refractivity contribution in [3.8, 4) is 0 Å². The second-order valence-corrected chi connectivity index (χ2v) is 5.00. The second kappa shape index (κ2) is 7.00. The lowest BCUT2D eigenvalue weighted by atomic mass is 10.1. The average molecular weight is 344 g/mol. The van der Waals surface area contributed by atoms with Crippen LogP contribution in [0.15, 0.2) is 18.2 Å². The minimum atomic E-state index is -4.68. The van der Waals surface area contributed by atoms with E-state index in [1.807, 2.05) is 0 Å². The predicted octanol–water partition coefficient (Wildman–Crippen LogP) is 3.01. The minimum absolute atomic E-state index is 0.155. The van der Waals surface area contributed by atoms with Crippen LogP contribution in [0.1, 0.15) is 5.56 Å². The van der Waals surface area contributed by atoms with Crippen molar-refractivity contribution in [3.63, 3.8) is 0 Å². The summed E-state index contributed by atoms with van der Waals surface area (Å²) in [5.74, 6) is -2.49. The van der Waals surface area contributed by atoms with Crippen molar-refractivity contribution in [2.45, 2.75) is 12.6 Å². The van der Waals surface area contributed by atoms with Crippen LogP contribution in [0.5, 0.6) is 0 Å². The van der Waals surface area contributed by atoms with Gasteiger partial charge in [-0.05, 0) is 17.7 Å². The molecule has 0 aliphatic carbocycles. The van der Waals surface area contributed by atoms with Crippen LogP contribution in [0.4, 0.5) is 13.2 Å². The lowest BCUT2D eigenvalue weighted by Crippen LogP contribution is -2.42. The Morgan fingerprint density at radius 1 is 1.19 bits per heavy atom. The highest BCUT2D eigenvalue weighted by atomic mass is 35.5. The molecule has 4 nitrogen and oxygen atoms in total. The van der Waals surface area contributed by atoms with Crippen LogP contribution in [-0.2, 0) is 16.0 Å². The zero-order valence-electron chi connectivity index (χ0n) is 10.5. The summed E-state index contributed by atoms with van der Waals surface area (Å²) in [6, 6.07) is 4.17. The van der Waals surface area contributed by atoms with Crippen LogP contribution >= 0.6 is 23.2 Å². The largest absolute Gasteiger partial charge is 0.480 e. The number of hydrogen-bond acceptors (Lipinski definition) is 2. The van der Waals surface area contributed by atoms with Gasteiger partial charge in [-0.3, -0.25) is 9.59 Å². The molecule has 9 heteroatoms. The van der Waals surface area contributed by atoms with E-state index in [0.717, 1.165) is 0 Å². The lowest BCUT2D eigenvalue weighted by Gasteiger charge is -2.22. The molecular formula is C12H10Cl2F3NO3. The highest BCUT2D eigenvalue weighted by molar-refractivity contribution is 6.42. The Labute approximate surface area is 128 Å². The molecule has 0 radical (unpaired) electrons. The molecule has 116 valence electrons. The summed E-state index contributed by atoms with van der Waals surface area (Å²) in [5, 5.41) is 8.97. The van der Waals surface area contributed by atoms with Gasteiger partial charge in [-0.25, -0.2) is 0 Å². The van der Waals surface area contributed by atoms with Gasteiger partial charge in [0, 0.05) is 0 Å². The Bertz CT molecular complexity index is 549. The Kier molecular flexibility index (Phi) is 5.86. The van der Waals surface area contributed by atoms with Crippen molar-refractivity contribution in [2.24, 2.45) is 0 Å². The van der Waals surface area contributed by atoms with Gasteiger partial charge in [0.15, 0.2) is 0 Å². The van der Waals surface area contributed by atoms with Gasteiger partial charge in [-0.15, -0.1) is 0 Å². The molecule has 21 heavy (non-hydrogen) atoms. The molecule has 0 heterocycles. The maximum absolute atomic E-state index is 12.3. The summed E-state index contributed by atoms with van der Waals surface area (Å²) < 4.78 is 37.0. The topological polar surface area (TPSA) is 57.6 Å². The molecule has 0 unspecified atom stereocenters. The van der Waals surface area contributed by atoms with Crippen molar-refractivity contribution in [2.75, 3.05) is 13.1 Å². The summed E-state index contributed by atoms with van der Waals surface area (Å²) >= 11 is 11.4. The Morgan fingerprint density at radius 2 is 1.81 bits per heavy atom. The molecule has 1 aromatic carbocycles. The van der Waals surface area contributed by atoms with Crippen LogP contribution in [0.2, 0.25) is 10.0 Å². The summed E-state index contributed by atoms with van der Waals surface area (Å²) in [7, 11) is 0. The number of alkyl halides is 3. The van der Waals surface area contributed by atoms with Crippen LogP contribution in [0.3, 0.4) is 0 Å². The van der Waals surface area contributed by atoms with E-state index in [2.05, 4.69) is 0 Å². The quantitative estimate of drug-likeness (QED) is 0.893. The van der Waals surface area contributed by atoms with Gasteiger partial charge >= 0.3 is 12.1 Å². The van der Waals surface area contributed by atoms with Crippen molar-refractivity contribution < 1.29 is 27.9 Å². The number of carboxylic acids is 1.